The summed E-state index contributed by atoms with van der Waals surface area (Å²) in [7, 11) is 0. The summed E-state index contributed by atoms with van der Waals surface area (Å²) >= 11 is 0. The van der Waals surface area contributed by atoms with E-state index in [0.717, 1.165) is 17.7 Å². The first-order chi connectivity index (χ1) is 7.25. The van der Waals surface area contributed by atoms with Gasteiger partial charge in [0, 0.05) is 5.56 Å². The van der Waals surface area contributed by atoms with Crippen LogP contribution in [-0.4, -0.2) is 0 Å². The van der Waals surface area contributed by atoms with Gasteiger partial charge in [-0.25, -0.2) is 0 Å². The van der Waals surface area contributed by atoms with E-state index >= 15 is 0 Å². The quantitative estimate of drug-likeness (QED) is 0.725. The maximum atomic E-state index is 5.55. The van der Waals surface area contributed by atoms with Crippen molar-refractivity contribution >= 4 is 0 Å². The number of benzene rings is 1. The van der Waals surface area contributed by atoms with Crippen LogP contribution in [-0.2, 0) is 6.42 Å². The summed E-state index contributed by atoms with van der Waals surface area (Å²) in [4.78, 5) is 0. The molecule has 0 saturated heterocycles. The summed E-state index contributed by atoms with van der Waals surface area (Å²) in [5.74, 6) is 1.64. The molecule has 0 radical (unpaired) electrons. The third-order valence-corrected chi connectivity index (χ3v) is 2.36. The lowest BCUT2D eigenvalue weighted by Crippen LogP contribution is -1.90. The summed E-state index contributed by atoms with van der Waals surface area (Å²) in [6, 6.07) is 12.3. The first-order valence-electron chi connectivity index (χ1n) is 5.38. The first kappa shape index (κ1) is 10.0. The molecule has 0 saturated carbocycles. The van der Waals surface area contributed by atoms with E-state index in [4.69, 9.17) is 4.42 Å². The third kappa shape index (κ3) is 2.50. The van der Waals surface area contributed by atoms with Crippen LogP contribution in [0.1, 0.15) is 19.4 Å². The maximum absolute atomic E-state index is 5.55. The molecule has 2 rings (SSSR count). The van der Waals surface area contributed by atoms with Crippen LogP contribution < -0.4 is 0 Å². The molecule has 0 amide bonds. The number of hydrogen-bond acceptors (Lipinski definition) is 1. The lowest BCUT2D eigenvalue weighted by Gasteiger charge is -1.98. The predicted octanol–water partition coefficient (Wildman–Crippen LogP) is 4.15. The number of furan rings is 1. The molecule has 1 heteroatoms. The zero-order chi connectivity index (χ0) is 10.7. The van der Waals surface area contributed by atoms with Crippen molar-refractivity contribution in [1.82, 2.24) is 0 Å². The Morgan fingerprint density at radius 3 is 2.53 bits per heavy atom. The van der Waals surface area contributed by atoms with Gasteiger partial charge in [-0.3, -0.25) is 0 Å². The highest BCUT2D eigenvalue weighted by atomic mass is 16.3. The van der Waals surface area contributed by atoms with Gasteiger partial charge in [-0.2, -0.15) is 0 Å². The molecule has 0 aliphatic carbocycles. The van der Waals surface area contributed by atoms with Crippen molar-refractivity contribution in [3.63, 3.8) is 0 Å². The molecule has 2 aromatic rings. The second kappa shape index (κ2) is 4.35. The van der Waals surface area contributed by atoms with E-state index < -0.39 is 0 Å². The number of hydrogen-bond donors (Lipinski definition) is 0. The Labute approximate surface area is 90.7 Å². The molecule has 1 aromatic heterocycles. The molecular formula is C14H16O. The molecule has 0 N–H and O–H groups in total. The van der Waals surface area contributed by atoms with Gasteiger partial charge < -0.3 is 4.42 Å². The largest absolute Gasteiger partial charge is 0.464 e. The molecule has 1 nitrogen and oxygen atoms in total. The van der Waals surface area contributed by atoms with Crippen LogP contribution in [0.25, 0.3) is 11.3 Å². The monoisotopic (exact) mass is 200 g/mol. The van der Waals surface area contributed by atoms with E-state index in [2.05, 4.69) is 32.0 Å². The van der Waals surface area contributed by atoms with Crippen LogP contribution >= 0.6 is 0 Å². The second-order valence-corrected chi connectivity index (χ2v) is 4.28. The Kier molecular flexibility index (Phi) is 2.91. The van der Waals surface area contributed by atoms with Crippen LogP contribution in [0.5, 0.6) is 0 Å². The Morgan fingerprint density at radius 1 is 1.13 bits per heavy atom. The molecule has 0 spiro atoms. The van der Waals surface area contributed by atoms with Gasteiger partial charge in [0.25, 0.3) is 0 Å². The Balaban J connectivity index is 2.21. The lowest BCUT2D eigenvalue weighted by molar-refractivity contribution is 0.570. The average Bonchev–Trinajstić information content (AvgIpc) is 2.67. The van der Waals surface area contributed by atoms with Crippen molar-refractivity contribution in [1.29, 1.82) is 0 Å². The molecule has 1 heterocycles. The van der Waals surface area contributed by atoms with Gasteiger partial charge in [-0.1, -0.05) is 44.2 Å². The zero-order valence-corrected chi connectivity index (χ0v) is 9.23. The highest BCUT2D eigenvalue weighted by Crippen LogP contribution is 2.22. The van der Waals surface area contributed by atoms with E-state index in [-0.39, 0.29) is 0 Å². The normalized spacial score (nSPS) is 10.9. The molecule has 15 heavy (non-hydrogen) atoms. The van der Waals surface area contributed by atoms with Gasteiger partial charge in [0.2, 0.25) is 0 Å². The molecule has 0 aliphatic rings. The van der Waals surface area contributed by atoms with Gasteiger partial charge in [0.1, 0.15) is 5.76 Å². The summed E-state index contributed by atoms with van der Waals surface area (Å²) in [6.45, 7) is 4.43. The number of rotatable bonds is 3. The molecule has 0 bridgehead atoms. The van der Waals surface area contributed by atoms with Crippen LogP contribution in [0.3, 0.4) is 0 Å². The van der Waals surface area contributed by atoms with Gasteiger partial charge in [-0.05, 0) is 24.0 Å². The fraction of sp³-hybridized carbons (Fsp3) is 0.286. The molecule has 0 fully saturated rings. The van der Waals surface area contributed by atoms with Gasteiger partial charge in [0.15, 0.2) is 0 Å². The second-order valence-electron chi connectivity index (χ2n) is 4.28. The average molecular weight is 200 g/mol. The van der Waals surface area contributed by atoms with E-state index in [1.807, 2.05) is 24.5 Å². The van der Waals surface area contributed by atoms with E-state index in [1.165, 1.54) is 5.56 Å². The van der Waals surface area contributed by atoms with Crippen molar-refractivity contribution in [2.75, 3.05) is 0 Å². The van der Waals surface area contributed by atoms with Crippen molar-refractivity contribution in [3.8, 4) is 11.3 Å². The van der Waals surface area contributed by atoms with Crippen LogP contribution in [0.4, 0.5) is 0 Å². The fourth-order valence-electron chi connectivity index (χ4n) is 1.71. The molecule has 0 unspecified atom stereocenters. The topological polar surface area (TPSA) is 13.1 Å². The van der Waals surface area contributed by atoms with Gasteiger partial charge in [0.05, 0.1) is 6.26 Å². The van der Waals surface area contributed by atoms with Crippen LogP contribution in [0.2, 0.25) is 0 Å². The van der Waals surface area contributed by atoms with Crippen LogP contribution in [0.15, 0.2) is 47.1 Å². The zero-order valence-electron chi connectivity index (χ0n) is 9.23. The van der Waals surface area contributed by atoms with Gasteiger partial charge in [-0.15, -0.1) is 0 Å². The molecule has 0 aliphatic heterocycles. The molecule has 0 atom stereocenters. The molecular weight excluding hydrogens is 184 g/mol. The van der Waals surface area contributed by atoms with E-state index in [1.54, 1.807) is 0 Å². The molecule has 1 aromatic carbocycles. The Bertz CT molecular complexity index is 412. The fourth-order valence-corrected chi connectivity index (χ4v) is 1.71. The smallest absolute Gasteiger partial charge is 0.134 e. The van der Waals surface area contributed by atoms with E-state index in [9.17, 15) is 0 Å². The third-order valence-electron chi connectivity index (χ3n) is 2.36. The lowest BCUT2D eigenvalue weighted by atomic mass is 10.0. The standard InChI is InChI=1S/C14H16O/c1-11(2)8-12-9-14(15-10-12)13-6-4-3-5-7-13/h3-7,9-11H,8H2,1-2H3. The minimum absolute atomic E-state index is 0.672. The minimum atomic E-state index is 0.672. The summed E-state index contributed by atoms with van der Waals surface area (Å²) < 4.78 is 5.55. The first-order valence-corrected chi connectivity index (χ1v) is 5.38. The van der Waals surface area contributed by atoms with Crippen molar-refractivity contribution in [3.05, 3.63) is 48.2 Å². The molecule has 78 valence electrons. The highest BCUT2D eigenvalue weighted by molar-refractivity contribution is 5.57. The minimum Gasteiger partial charge on any atom is -0.464 e. The predicted molar refractivity (Wildman–Crippen MR) is 62.7 cm³/mol. The van der Waals surface area contributed by atoms with Crippen molar-refractivity contribution in [2.24, 2.45) is 5.92 Å². The SMILES string of the molecule is CC(C)Cc1coc(-c2ccccc2)c1. The summed E-state index contributed by atoms with van der Waals surface area (Å²) in [6.07, 6.45) is 2.94. The summed E-state index contributed by atoms with van der Waals surface area (Å²) in [5, 5.41) is 0. The van der Waals surface area contributed by atoms with Crippen LogP contribution in [0, 0.1) is 5.92 Å². The maximum Gasteiger partial charge on any atom is 0.134 e. The van der Waals surface area contributed by atoms with E-state index in [0.29, 0.717) is 5.92 Å². The Hall–Kier alpha value is -1.50. The van der Waals surface area contributed by atoms with Crippen molar-refractivity contribution < 1.29 is 4.42 Å². The van der Waals surface area contributed by atoms with Gasteiger partial charge >= 0.3 is 0 Å². The highest BCUT2D eigenvalue weighted by Gasteiger charge is 2.05. The summed E-state index contributed by atoms with van der Waals surface area (Å²) in [5.41, 5.74) is 2.43. The Morgan fingerprint density at radius 2 is 1.87 bits per heavy atom. The van der Waals surface area contributed by atoms with Crippen molar-refractivity contribution in [2.45, 2.75) is 20.3 Å².